The normalized spacial score (nSPS) is 16.2. The lowest BCUT2D eigenvalue weighted by molar-refractivity contribution is -0.138. The zero-order valence-corrected chi connectivity index (χ0v) is 12.7. The molecule has 24 heavy (non-hydrogen) atoms. The molecule has 1 heterocycles. The van der Waals surface area contributed by atoms with Gasteiger partial charge in [0.05, 0.1) is 12.1 Å². The quantitative estimate of drug-likeness (QED) is 0.661. The highest BCUT2D eigenvalue weighted by molar-refractivity contribution is 5.97. The Bertz CT molecular complexity index is 690. The van der Waals surface area contributed by atoms with Crippen molar-refractivity contribution in [2.45, 2.75) is 19.0 Å². The van der Waals surface area contributed by atoms with Gasteiger partial charge in [-0.15, -0.1) is 0 Å². The van der Waals surface area contributed by atoms with Crippen LogP contribution in [0.25, 0.3) is 0 Å². The van der Waals surface area contributed by atoms with Crippen LogP contribution in [0.4, 0.5) is 4.79 Å². The SMILES string of the molecule is NC(CN1CCC(=O)N(Cc2ccccc2C(=O)O)C1=O)C(=O)O. The number of urea groups is 1. The Balaban J connectivity index is 2.19. The van der Waals surface area contributed by atoms with Crippen molar-refractivity contribution >= 4 is 23.9 Å². The number of rotatable bonds is 6. The van der Waals surface area contributed by atoms with Crippen molar-refractivity contribution in [2.24, 2.45) is 5.73 Å². The van der Waals surface area contributed by atoms with Crippen molar-refractivity contribution in [3.63, 3.8) is 0 Å². The van der Waals surface area contributed by atoms with Crippen LogP contribution in [-0.4, -0.2) is 63.0 Å². The molecule has 1 aliphatic heterocycles. The summed E-state index contributed by atoms with van der Waals surface area (Å²) in [6, 6.07) is 4.13. The second-order valence-corrected chi connectivity index (χ2v) is 5.37. The van der Waals surface area contributed by atoms with Crippen molar-refractivity contribution in [1.29, 1.82) is 0 Å². The largest absolute Gasteiger partial charge is 0.480 e. The monoisotopic (exact) mass is 335 g/mol. The lowest BCUT2D eigenvalue weighted by atomic mass is 10.1. The van der Waals surface area contributed by atoms with Gasteiger partial charge in [0.1, 0.15) is 6.04 Å². The Morgan fingerprint density at radius 1 is 1.21 bits per heavy atom. The summed E-state index contributed by atoms with van der Waals surface area (Å²) in [6.07, 6.45) is 0.0211. The Labute approximate surface area is 137 Å². The number of carboxylic acid groups (broad SMARTS) is 2. The van der Waals surface area contributed by atoms with E-state index < -0.39 is 29.9 Å². The van der Waals surface area contributed by atoms with Gasteiger partial charge in [0, 0.05) is 19.5 Å². The number of aromatic carboxylic acids is 1. The predicted molar refractivity (Wildman–Crippen MR) is 81.1 cm³/mol. The minimum atomic E-state index is -1.25. The summed E-state index contributed by atoms with van der Waals surface area (Å²) in [4.78, 5) is 48.6. The van der Waals surface area contributed by atoms with E-state index in [1.165, 1.54) is 17.0 Å². The standard InChI is InChI=1S/C15H17N3O6/c16-11(14(22)23)8-17-6-5-12(19)18(15(17)24)7-9-3-1-2-4-10(9)13(20)21/h1-4,11H,5-8,16H2,(H,20,21)(H,22,23). The third-order valence-corrected chi connectivity index (χ3v) is 3.71. The first-order valence-electron chi connectivity index (χ1n) is 7.20. The maximum absolute atomic E-state index is 12.4. The number of nitrogens with zero attached hydrogens (tertiary/aromatic N) is 2. The van der Waals surface area contributed by atoms with Gasteiger partial charge in [-0.3, -0.25) is 14.5 Å². The topological polar surface area (TPSA) is 141 Å². The molecular formula is C15H17N3O6. The number of amides is 3. The minimum absolute atomic E-state index is 0.00235. The van der Waals surface area contributed by atoms with Crippen LogP contribution in [0.15, 0.2) is 24.3 Å². The van der Waals surface area contributed by atoms with Crippen LogP contribution in [0.5, 0.6) is 0 Å². The van der Waals surface area contributed by atoms with Gasteiger partial charge in [0.15, 0.2) is 0 Å². The molecule has 1 unspecified atom stereocenters. The average molecular weight is 335 g/mol. The first-order chi connectivity index (χ1) is 11.3. The molecule has 0 bridgehead atoms. The Morgan fingerprint density at radius 2 is 1.88 bits per heavy atom. The van der Waals surface area contributed by atoms with E-state index in [2.05, 4.69) is 0 Å². The Hall–Kier alpha value is -2.94. The molecule has 0 aliphatic carbocycles. The number of aliphatic carboxylic acids is 1. The fraction of sp³-hybridized carbons (Fsp3) is 0.333. The fourth-order valence-corrected chi connectivity index (χ4v) is 2.42. The first-order valence-corrected chi connectivity index (χ1v) is 7.20. The van der Waals surface area contributed by atoms with Crippen LogP contribution < -0.4 is 5.73 Å². The number of benzene rings is 1. The van der Waals surface area contributed by atoms with Gasteiger partial charge in [-0.1, -0.05) is 18.2 Å². The third-order valence-electron chi connectivity index (χ3n) is 3.71. The van der Waals surface area contributed by atoms with E-state index >= 15 is 0 Å². The molecule has 3 amide bonds. The van der Waals surface area contributed by atoms with E-state index in [1.54, 1.807) is 12.1 Å². The molecule has 9 heteroatoms. The van der Waals surface area contributed by atoms with E-state index in [9.17, 15) is 24.3 Å². The number of hydrogen-bond donors (Lipinski definition) is 3. The zero-order valence-electron chi connectivity index (χ0n) is 12.7. The molecule has 0 aromatic heterocycles. The van der Waals surface area contributed by atoms with E-state index in [1.807, 2.05) is 0 Å². The van der Waals surface area contributed by atoms with Gasteiger partial charge >= 0.3 is 18.0 Å². The van der Waals surface area contributed by atoms with Crippen LogP contribution in [0.3, 0.4) is 0 Å². The second-order valence-electron chi connectivity index (χ2n) is 5.37. The molecule has 4 N–H and O–H groups in total. The number of carbonyl (C=O) groups is 4. The summed E-state index contributed by atoms with van der Waals surface area (Å²) in [5, 5.41) is 18.0. The smallest absolute Gasteiger partial charge is 0.336 e. The second kappa shape index (κ2) is 7.09. The van der Waals surface area contributed by atoms with Gasteiger partial charge in [-0.05, 0) is 11.6 Å². The summed E-state index contributed by atoms with van der Waals surface area (Å²) in [5.74, 6) is -2.85. The van der Waals surface area contributed by atoms with E-state index in [0.717, 1.165) is 4.90 Å². The number of carboxylic acids is 2. The maximum Gasteiger partial charge on any atom is 0.336 e. The maximum atomic E-state index is 12.4. The molecule has 0 saturated carbocycles. The summed E-state index contributed by atoms with van der Waals surface area (Å²) >= 11 is 0. The van der Waals surface area contributed by atoms with E-state index in [0.29, 0.717) is 5.56 Å². The molecule has 1 saturated heterocycles. The van der Waals surface area contributed by atoms with Crippen LogP contribution >= 0.6 is 0 Å². The molecule has 0 spiro atoms. The van der Waals surface area contributed by atoms with Crippen LogP contribution in [0.1, 0.15) is 22.3 Å². The van der Waals surface area contributed by atoms with E-state index in [-0.39, 0.29) is 31.6 Å². The van der Waals surface area contributed by atoms with Crippen LogP contribution in [0.2, 0.25) is 0 Å². The first kappa shape index (κ1) is 17.4. The molecule has 1 aromatic rings. The summed E-state index contributed by atoms with van der Waals surface area (Å²) in [6.45, 7) is -0.340. The van der Waals surface area contributed by atoms with Gasteiger partial charge in [0.25, 0.3) is 0 Å². The Morgan fingerprint density at radius 3 is 2.50 bits per heavy atom. The summed E-state index contributed by atoms with van der Waals surface area (Å²) < 4.78 is 0. The minimum Gasteiger partial charge on any atom is -0.480 e. The number of hydrogen-bond acceptors (Lipinski definition) is 5. The molecule has 128 valence electrons. The number of nitrogens with two attached hydrogens (primary N) is 1. The van der Waals surface area contributed by atoms with Crippen molar-refractivity contribution in [3.8, 4) is 0 Å². The van der Waals surface area contributed by atoms with Crippen LogP contribution in [-0.2, 0) is 16.1 Å². The lowest BCUT2D eigenvalue weighted by Crippen LogP contribution is -2.55. The average Bonchev–Trinajstić information content (AvgIpc) is 2.54. The summed E-state index contributed by atoms with van der Waals surface area (Å²) in [7, 11) is 0. The fourth-order valence-electron chi connectivity index (χ4n) is 2.42. The van der Waals surface area contributed by atoms with Crippen molar-refractivity contribution < 1.29 is 29.4 Å². The van der Waals surface area contributed by atoms with Crippen molar-refractivity contribution in [1.82, 2.24) is 9.80 Å². The van der Waals surface area contributed by atoms with Crippen molar-refractivity contribution in [2.75, 3.05) is 13.1 Å². The molecule has 0 radical (unpaired) electrons. The van der Waals surface area contributed by atoms with Crippen LogP contribution in [0, 0.1) is 0 Å². The molecular weight excluding hydrogens is 318 g/mol. The van der Waals surface area contributed by atoms with E-state index in [4.69, 9.17) is 10.8 Å². The molecule has 9 nitrogen and oxygen atoms in total. The highest BCUT2D eigenvalue weighted by atomic mass is 16.4. The van der Waals surface area contributed by atoms with Gasteiger partial charge < -0.3 is 20.8 Å². The lowest BCUT2D eigenvalue weighted by Gasteiger charge is -2.35. The highest BCUT2D eigenvalue weighted by Gasteiger charge is 2.34. The Kier molecular flexibility index (Phi) is 5.14. The van der Waals surface area contributed by atoms with Crippen molar-refractivity contribution in [3.05, 3.63) is 35.4 Å². The van der Waals surface area contributed by atoms with Gasteiger partial charge in [0.2, 0.25) is 5.91 Å². The molecule has 2 rings (SSSR count). The molecule has 1 aromatic carbocycles. The third kappa shape index (κ3) is 3.69. The van der Waals surface area contributed by atoms with Gasteiger partial charge in [-0.2, -0.15) is 0 Å². The highest BCUT2D eigenvalue weighted by Crippen LogP contribution is 2.17. The number of carbonyl (C=O) groups excluding carboxylic acids is 2. The molecule has 1 atom stereocenters. The molecule has 1 fully saturated rings. The predicted octanol–water partition coefficient (Wildman–Crippen LogP) is -0.0490. The molecule has 1 aliphatic rings. The zero-order chi connectivity index (χ0) is 17.9. The number of imide groups is 1. The summed E-state index contributed by atoms with van der Waals surface area (Å²) in [5.41, 5.74) is 5.74. The van der Waals surface area contributed by atoms with Gasteiger partial charge in [-0.25, -0.2) is 9.59 Å².